The average Bonchev–Trinajstić information content (AvgIpc) is 2.52. The summed E-state index contributed by atoms with van der Waals surface area (Å²) in [4.78, 5) is 16.3. The molecule has 0 aliphatic rings. The molecule has 22 heavy (non-hydrogen) atoms. The van der Waals surface area contributed by atoms with Gasteiger partial charge in [0, 0.05) is 17.6 Å². The molecule has 2 rings (SSSR count). The number of carbonyl (C=O) groups is 1. The lowest BCUT2D eigenvalue weighted by atomic mass is 10.1. The van der Waals surface area contributed by atoms with Crippen molar-refractivity contribution in [2.45, 2.75) is 6.04 Å². The lowest BCUT2D eigenvalue weighted by Gasteiger charge is -2.17. The Balaban J connectivity index is 2.19. The van der Waals surface area contributed by atoms with Crippen LogP contribution >= 0.6 is 23.2 Å². The van der Waals surface area contributed by atoms with Crippen LogP contribution in [0.15, 0.2) is 36.4 Å². The van der Waals surface area contributed by atoms with E-state index < -0.39 is 6.04 Å². The molecule has 1 aromatic heterocycles. The van der Waals surface area contributed by atoms with Gasteiger partial charge in [-0.15, -0.1) is 0 Å². The zero-order valence-corrected chi connectivity index (χ0v) is 13.3. The number of carbonyl (C=O) groups excluding carboxylic acids is 1. The molecule has 3 N–H and O–H groups in total. The van der Waals surface area contributed by atoms with E-state index in [-0.39, 0.29) is 17.7 Å². The van der Waals surface area contributed by atoms with Crippen LogP contribution in [-0.4, -0.2) is 29.7 Å². The summed E-state index contributed by atoms with van der Waals surface area (Å²) < 4.78 is 0. The topological polar surface area (TPSA) is 74.2 Å². The Kier molecular flexibility index (Phi) is 5.60. The number of hydrogen-bond acceptors (Lipinski definition) is 4. The first kappa shape index (κ1) is 16.5. The van der Waals surface area contributed by atoms with Gasteiger partial charge in [-0.2, -0.15) is 0 Å². The normalized spacial score (nSPS) is 11.8. The van der Waals surface area contributed by atoms with Crippen molar-refractivity contribution in [1.29, 1.82) is 0 Å². The van der Waals surface area contributed by atoms with Crippen molar-refractivity contribution in [3.8, 4) is 0 Å². The van der Waals surface area contributed by atoms with Crippen LogP contribution in [0, 0.1) is 0 Å². The molecule has 0 radical (unpaired) electrons. The first-order valence-electron chi connectivity index (χ1n) is 6.56. The molecule has 1 aromatic carbocycles. The molecule has 1 unspecified atom stereocenters. The maximum Gasteiger partial charge on any atom is 0.252 e. The monoisotopic (exact) mass is 339 g/mol. The molecule has 5 nitrogen and oxygen atoms in total. The Morgan fingerprint density at radius 2 is 1.95 bits per heavy atom. The van der Waals surface area contributed by atoms with Gasteiger partial charge in [-0.05, 0) is 29.8 Å². The predicted octanol–water partition coefficient (Wildman–Crippen LogP) is 2.89. The Labute approximate surface area is 138 Å². The van der Waals surface area contributed by atoms with E-state index in [0.717, 1.165) is 5.56 Å². The van der Waals surface area contributed by atoms with Crippen LogP contribution in [0.4, 0.5) is 5.82 Å². The molecular weight excluding hydrogens is 325 g/mol. The second-order valence-electron chi connectivity index (χ2n) is 4.57. The molecule has 0 aliphatic carbocycles. The maximum atomic E-state index is 12.3. The molecule has 1 atom stereocenters. The van der Waals surface area contributed by atoms with Gasteiger partial charge < -0.3 is 15.7 Å². The summed E-state index contributed by atoms with van der Waals surface area (Å²) in [5.41, 5.74) is 1.12. The number of rotatable bonds is 5. The summed E-state index contributed by atoms with van der Waals surface area (Å²) in [6.45, 7) is -0.231. The number of amides is 1. The van der Waals surface area contributed by atoms with E-state index in [9.17, 15) is 9.90 Å². The predicted molar refractivity (Wildman–Crippen MR) is 87.5 cm³/mol. The Hall–Kier alpha value is -1.82. The van der Waals surface area contributed by atoms with Gasteiger partial charge in [-0.25, -0.2) is 4.98 Å². The third kappa shape index (κ3) is 4.10. The fourth-order valence-electron chi connectivity index (χ4n) is 1.93. The maximum absolute atomic E-state index is 12.3. The molecule has 0 aliphatic heterocycles. The summed E-state index contributed by atoms with van der Waals surface area (Å²) in [5, 5.41) is 15.9. The molecule has 0 saturated carbocycles. The van der Waals surface area contributed by atoms with Crippen molar-refractivity contribution >= 4 is 34.9 Å². The van der Waals surface area contributed by atoms with Crippen LogP contribution in [0.2, 0.25) is 10.2 Å². The second-order valence-corrected chi connectivity index (χ2v) is 5.40. The first-order valence-corrected chi connectivity index (χ1v) is 7.31. The summed E-state index contributed by atoms with van der Waals surface area (Å²) in [6.07, 6.45) is 0. The number of hydrogen-bond donors (Lipinski definition) is 3. The lowest BCUT2D eigenvalue weighted by molar-refractivity contribution is 0.0916. The highest BCUT2D eigenvalue weighted by molar-refractivity contribution is 6.30. The molecule has 1 amide bonds. The van der Waals surface area contributed by atoms with Crippen LogP contribution in [0.5, 0.6) is 0 Å². The fraction of sp³-hybridized carbons (Fsp3) is 0.200. The number of pyridine rings is 1. The molecular formula is C15H15Cl2N3O2. The Bertz CT molecular complexity index is 662. The zero-order chi connectivity index (χ0) is 16.1. The van der Waals surface area contributed by atoms with E-state index >= 15 is 0 Å². The van der Waals surface area contributed by atoms with Gasteiger partial charge in [0.15, 0.2) is 0 Å². The SMILES string of the molecule is CNc1cc(C(=O)NC(CO)c2ccc(Cl)cc2)cc(Cl)n1. The van der Waals surface area contributed by atoms with E-state index in [2.05, 4.69) is 15.6 Å². The van der Waals surface area contributed by atoms with Gasteiger partial charge in [-0.1, -0.05) is 35.3 Å². The molecule has 0 bridgehead atoms. The van der Waals surface area contributed by atoms with E-state index in [1.54, 1.807) is 37.4 Å². The number of benzene rings is 1. The summed E-state index contributed by atoms with van der Waals surface area (Å²) >= 11 is 11.7. The van der Waals surface area contributed by atoms with Gasteiger partial charge >= 0.3 is 0 Å². The van der Waals surface area contributed by atoms with E-state index in [0.29, 0.717) is 16.4 Å². The van der Waals surface area contributed by atoms with Crippen LogP contribution in [0.25, 0.3) is 0 Å². The number of nitrogens with one attached hydrogen (secondary N) is 2. The number of aliphatic hydroxyl groups excluding tert-OH is 1. The molecule has 7 heteroatoms. The second kappa shape index (κ2) is 7.45. The summed E-state index contributed by atoms with van der Waals surface area (Å²) in [5.74, 6) is 0.138. The highest BCUT2D eigenvalue weighted by Gasteiger charge is 2.16. The minimum Gasteiger partial charge on any atom is -0.394 e. The highest BCUT2D eigenvalue weighted by atomic mass is 35.5. The largest absolute Gasteiger partial charge is 0.394 e. The summed E-state index contributed by atoms with van der Waals surface area (Å²) in [7, 11) is 1.69. The van der Waals surface area contributed by atoms with Crippen molar-refractivity contribution in [2.24, 2.45) is 0 Å². The van der Waals surface area contributed by atoms with Gasteiger partial charge in [0.05, 0.1) is 12.6 Å². The van der Waals surface area contributed by atoms with Crippen molar-refractivity contribution in [3.63, 3.8) is 0 Å². The molecule has 1 heterocycles. The number of nitrogens with zero attached hydrogens (tertiary/aromatic N) is 1. The van der Waals surface area contributed by atoms with E-state index in [1.165, 1.54) is 6.07 Å². The highest BCUT2D eigenvalue weighted by Crippen LogP contribution is 2.18. The zero-order valence-electron chi connectivity index (χ0n) is 11.8. The first-order chi connectivity index (χ1) is 10.5. The van der Waals surface area contributed by atoms with Crippen LogP contribution in [-0.2, 0) is 0 Å². The van der Waals surface area contributed by atoms with E-state index in [1.807, 2.05) is 0 Å². The van der Waals surface area contributed by atoms with Crippen LogP contribution < -0.4 is 10.6 Å². The fourth-order valence-corrected chi connectivity index (χ4v) is 2.26. The third-order valence-electron chi connectivity index (χ3n) is 3.07. The van der Waals surface area contributed by atoms with Crippen molar-refractivity contribution in [3.05, 3.63) is 57.7 Å². The average molecular weight is 340 g/mol. The molecule has 2 aromatic rings. The Morgan fingerprint density at radius 3 is 2.55 bits per heavy atom. The van der Waals surface area contributed by atoms with Gasteiger partial charge in [-0.3, -0.25) is 4.79 Å². The van der Waals surface area contributed by atoms with Crippen molar-refractivity contribution in [2.75, 3.05) is 19.0 Å². The van der Waals surface area contributed by atoms with Crippen LogP contribution in [0.3, 0.4) is 0 Å². The Morgan fingerprint density at radius 1 is 1.27 bits per heavy atom. The van der Waals surface area contributed by atoms with Gasteiger partial charge in [0.2, 0.25) is 0 Å². The van der Waals surface area contributed by atoms with E-state index in [4.69, 9.17) is 23.2 Å². The number of aliphatic hydroxyl groups is 1. The minimum absolute atomic E-state index is 0.212. The summed E-state index contributed by atoms with van der Waals surface area (Å²) in [6, 6.07) is 9.42. The lowest BCUT2D eigenvalue weighted by Crippen LogP contribution is -2.30. The third-order valence-corrected chi connectivity index (χ3v) is 3.52. The number of halogens is 2. The molecule has 0 spiro atoms. The van der Waals surface area contributed by atoms with Crippen molar-refractivity contribution in [1.82, 2.24) is 10.3 Å². The van der Waals surface area contributed by atoms with Gasteiger partial charge in [0.25, 0.3) is 5.91 Å². The van der Waals surface area contributed by atoms with Gasteiger partial charge in [0.1, 0.15) is 11.0 Å². The minimum atomic E-state index is -0.533. The number of anilines is 1. The molecule has 116 valence electrons. The molecule has 0 saturated heterocycles. The van der Waals surface area contributed by atoms with Crippen molar-refractivity contribution < 1.29 is 9.90 Å². The van der Waals surface area contributed by atoms with Crippen LogP contribution in [0.1, 0.15) is 22.0 Å². The molecule has 0 fully saturated rings. The number of aromatic nitrogens is 1. The standard InChI is InChI=1S/C15H15Cl2N3O2/c1-18-14-7-10(6-13(17)20-14)15(22)19-12(8-21)9-2-4-11(16)5-3-9/h2-7,12,21H,8H2,1H3,(H,18,20)(H,19,22). The smallest absolute Gasteiger partial charge is 0.252 e. The quantitative estimate of drug-likeness (QED) is 0.732.